The van der Waals surface area contributed by atoms with Gasteiger partial charge in [0.25, 0.3) is 0 Å². The average Bonchev–Trinajstić information content (AvgIpc) is 2.58. The standard InChI is InChI=1S/C15H21NO/c1-2-16-10-11-17-15-13-8-4-3-6-12(13)7-5-9-14(15)16/h3-4,6,8,14-15H,2,5,7,9-11H2,1H3/t14-,15-/m1/s1. The molecule has 0 spiro atoms. The second-order valence-electron chi connectivity index (χ2n) is 5.08. The highest BCUT2D eigenvalue weighted by molar-refractivity contribution is 5.31. The Kier molecular flexibility index (Phi) is 3.17. The van der Waals surface area contributed by atoms with Gasteiger partial charge in [-0.05, 0) is 36.9 Å². The maximum absolute atomic E-state index is 6.08. The molecule has 1 fully saturated rings. The third kappa shape index (κ3) is 2.00. The minimum atomic E-state index is 0.308. The van der Waals surface area contributed by atoms with Gasteiger partial charge in [-0.1, -0.05) is 31.2 Å². The van der Waals surface area contributed by atoms with Crippen molar-refractivity contribution in [1.82, 2.24) is 4.90 Å². The Bertz CT molecular complexity index is 390. The maximum Gasteiger partial charge on any atom is 0.0983 e. The molecule has 3 rings (SSSR count). The number of rotatable bonds is 1. The maximum atomic E-state index is 6.08. The Labute approximate surface area is 104 Å². The van der Waals surface area contributed by atoms with Gasteiger partial charge in [0, 0.05) is 12.6 Å². The summed E-state index contributed by atoms with van der Waals surface area (Å²) in [5.41, 5.74) is 2.94. The summed E-state index contributed by atoms with van der Waals surface area (Å²) in [6.07, 6.45) is 4.08. The van der Waals surface area contributed by atoms with E-state index < -0.39 is 0 Å². The summed E-state index contributed by atoms with van der Waals surface area (Å²) in [4.78, 5) is 2.59. The van der Waals surface area contributed by atoms with Crippen molar-refractivity contribution in [2.45, 2.75) is 38.3 Å². The van der Waals surface area contributed by atoms with Crippen LogP contribution in [0, 0.1) is 0 Å². The van der Waals surface area contributed by atoms with E-state index in [9.17, 15) is 0 Å². The van der Waals surface area contributed by atoms with Gasteiger partial charge in [-0.3, -0.25) is 4.90 Å². The highest BCUT2D eigenvalue weighted by Gasteiger charge is 2.34. The zero-order valence-electron chi connectivity index (χ0n) is 10.6. The van der Waals surface area contributed by atoms with Crippen LogP contribution in [-0.2, 0) is 11.2 Å². The molecule has 2 aliphatic rings. The molecule has 1 heterocycles. The molecule has 1 aromatic rings. The number of hydrogen-bond acceptors (Lipinski definition) is 2. The quantitative estimate of drug-likeness (QED) is 0.737. The lowest BCUT2D eigenvalue weighted by Gasteiger charge is -2.40. The van der Waals surface area contributed by atoms with Crippen LogP contribution < -0.4 is 0 Å². The largest absolute Gasteiger partial charge is 0.371 e. The van der Waals surface area contributed by atoms with Crippen molar-refractivity contribution in [3.05, 3.63) is 35.4 Å². The van der Waals surface area contributed by atoms with Crippen LogP contribution in [-0.4, -0.2) is 30.6 Å². The number of fused-ring (bicyclic) bond motifs is 3. The van der Waals surface area contributed by atoms with Crippen LogP contribution in [0.5, 0.6) is 0 Å². The van der Waals surface area contributed by atoms with Gasteiger partial charge in [0.2, 0.25) is 0 Å². The normalized spacial score (nSPS) is 29.2. The van der Waals surface area contributed by atoms with E-state index in [1.54, 1.807) is 0 Å². The van der Waals surface area contributed by atoms with Gasteiger partial charge in [-0.25, -0.2) is 0 Å². The van der Waals surface area contributed by atoms with E-state index in [4.69, 9.17) is 4.74 Å². The summed E-state index contributed by atoms with van der Waals surface area (Å²) < 4.78 is 6.08. The van der Waals surface area contributed by atoms with E-state index in [0.717, 1.165) is 19.7 Å². The fourth-order valence-corrected chi connectivity index (χ4v) is 3.33. The third-order valence-corrected chi connectivity index (χ3v) is 4.21. The molecule has 2 nitrogen and oxygen atoms in total. The minimum absolute atomic E-state index is 0.308. The molecule has 1 saturated heterocycles. The van der Waals surface area contributed by atoms with Crippen molar-refractivity contribution in [2.75, 3.05) is 19.7 Å². The lowest BCUT2D eigenvalue weighted by atomic mass is 9.96. The van der Waals surface area contributed by atoms with E-state index in [2.05, 4.69) is 36.1 Å². The first-order valence-electron chi connectivity index (χ1n) is 6.83. The summed E-state index contributed by atoms with van der Waals surface area (Å²) in [7, 11) is 0. The van der Waals surface area contributed by atoms with Crippen molar-refractivity contribution in [2.24, 2.45) is 0 Å². The molecule has 0 saturated carbocycles. The fraction of sp³-hybridized carbons (Fsp3) is 0.600. The highest BCUT2D eigenvalue weighted by atomic mass is 16.5. The summed E-state index contributed by atoms with van der Waals surface area (Å²) in [6, 6.07) is 9.43. The van der Waals surface area contributed by atoms with E-state index in [0.29, 0.717) is 12.1 Å². The number of benzene rings is 1. The molecule has 2 atom stereocenters. The average molecular weight is 231 g/mol. The van der Waals surface area contributed by atoms with Crippen LogP contribution in [0.2, 0.25) is 0 Å². The predicted molar refractivity (Wildman–Crippen MR) is 69.1 cm³/mol. The Morgan fingerprint density at radius 1 is 1.35 bits per heavy atom. The van der Waals surface area contributed by atoms with Gasteiger partial charge in [0.1, 0.15) is 0 Å². The molecule has 92 valence electrons. The molecular formula is C15H21NO. The van der Waals surface area contributed by atoms with E-state index in [1.165, 1.54) is 30.4 Å². The fourth-order valence-electron chi connectivity index (χ4n) is 3.33. The van der Waals surface area contributed by atoms with Crippen molar-refractivity contribution in [1.29, 1.82) is 0 Å². The lowest BCUT2D eigenvalue weighted by molar-refractivity contribution is -0.0728. The highest BCUT2D eigenvalue weighted by Crippen LogP contribution is 2.36. The molecule has 0 bridgehead atoms. The van der Waals surface area contributed by atoms with Crippen molar-refractivity contribution >= 4 is 0 Å². The number of morpholine rings is 1. The molecule has 0 radical (unpaired) electrons. The van der Waals surface area contributed by atoms with Gasteiger partial charge in [-0.2, -0.15) is 0 Å². The van der Waals surface area contributed by atoms with Crippen LogP contribution in [0.25, 0.3) is 0 Å². The van der Waals surface area contributed by atoms with Crippen molar-refractivity contribution in [3.63, 3.8) is 0 Å². The number of ether oxygens (including phenoxy) is 1. The summed E-state index contributed by atoms with van der Waals surface area (Å²) in [6.45, 7) is 5.38. The minimum Gasteiger partial charge on any atom is -0.371 e. The molecule has 0 N–H and O–H groups in total. The molecule has 0 amide bonds. The Morgan fingerprint density at radius 2 is 2.24 bits per heavy atom. The molecule has 0 aromatic heterocycles. The Balaban J connectivity index is 1.97. The number of hydrogen-bond donors (Lipinski definition) is 0. The van der Waals surface area contributed by atoms with E-state index in [-0.39, 0.29) is 0 Å². The summed E-state index contributed by atoms with van der Waals surface area (Å²) >= 11 is 0. The zero-order chi connectivity index (χ0) is 11.7. The van der Waals surface area contributed by atoms with Crippen LogP contribution in [0.1, 0.15) is 37.0 Å². The monoisotopic (exact) mass is 231 g/mol. The van der Waals surface area contributed by atoms with Gasteiger partial charge in [0.05, 0.1) is 12.7 Å². The summed E-state index contributed by atoms with van der Waals surface area (Å²) in [5.74, 6) is 0. The van der Waals surface area contributed by atoms with Crippen LogP contribution in [0.15, 0.2) is 24.3 Å². The Hall–Kier alpha value is -0.860. The van der Waals surface area contributed by atoms with Crippen molar-refractivity contribution < 1.29 is 4.74 Å². The zero-order valence-corrected chi connectivity index (χ0v) is 10.6. The molecule has 2 heteroatoms. The van der Waals surface area contributed by atoms with Crippen LogP contribution in [0.4, 0.5) is 0 Å². The number of likely N-dealkylation sites (N-methyl/N-ethyl adjacent to an activating group) is 1. The third-order valence-electron chi connectivity index (χ3n) is 4.21. The van der Waals surface area contributed by atoms with Gasteiger partial charge in [0.15, 0.2) is 0 Å². The first-order valence-corrected chi connectivity index (χ1v) is 6.83. The molecular weight excluding hydrogens is 210 g/mol. The van der Waals surface area contributed by atoms with E-state index >= 15 is 0 Å². The lowest BCUT2D eigenvalue weighted by Crippen LogP contribution is -2.46. The first kappa shape index (κ1) is 11.2. The van der Waals surface area contributed by atoms with Gasteiger partial charge in [-0.15, -0.1) is 0 Å². The molecule has 17 heavy (non-hydrogen) atoms. The summed E-state index contributed by atoms with van der Waals surface area (Å²) in [5, 5.41) is 0. The van der Waals surface area contributed by atoms with Crippen LogP contribution in [0.3, 0.4) is 0 Å². The predicted octanol–water partition coefficient (Wildman–Crippen LogP) is 2.78. The smallest absolute Gasteiger partial charge is 0.0983 e. The Morgan fingerprint density at radius 3 is 3.12 bits per heavy atom. The van der Waals surface area contributed by atoms with Crippen LogP contribution >= 0.6 is 0 Å². The molecule has 1 aromatic carbocycles. The van der Waals surface area contributed by atoms with E-state index in [1.807, 2.05) is 0 Å². The molecule has 1 aliphatic carbocycles. The topological polar surface area (TPSA) is 12.5 Å². The first-order chi connectivity index (χ1) is 8.40. The SMILES string of the molecule is CCN1CCO[C@@H]2c3ccccc3CCC[C@H]21. The second kappa shape index (κ2) is 4.79. The van der Waals surface area contributed by atoms with Crippen molar-refractivity contribution in [3.8, 4) is 0 Å². The van der Waals surface area contributed by atoms with Gasteiger partial charge < -0.3 is 4.74 Å². The van der Waals surface area contributed by atoms with Gasteiger partial charge >= 0.3 is 0 Å². The molecule has 1 aliphatic heterocycles. The number of nitrogens with zero attached hydrogens (tertiary/aromatic N) is 1. The second-order valence-corrected chi connectivity index (χ2v) is 5.08. The molecule has 0 unspecified atom stereocenters. The number of aryl methyl sites for hydroxylation is 1.